The SMILES string of the molecule is CCCC(CN)CN(C)CCCOC. The Morgan fingerprint density at radius 3 is 2.64 bits per heavy atom. The van der Waals surface area contributed by atoms with Gasteiger partial charge in [-0.1, -0.05) is 13.3 Å². The van der Waals surface area contributed by atoms with Crippen molar-refractivity contribution in [2.24, 2.45) is 11.7 Å². The Kier molecular flexibility index (Phi) is 9.35. The van der Waals surface area contributed by atoms with E-state index in [-0.39, 0.29) is 0 Å². The minimum Gasteiger partial charge on any atom is -0.385 e. The highest BCUT2D eigenvalue weighted by Gasteiger charge is 2.08. The van der Waals surface area contributed by atoms with Gasteiger partial charge in [-0.2, -0.15) is 0 Å². The first-order chi connectivity index (χ1) is 6.74. The lowest BCUT2D eigenvalue weighted by Gasteiger charge is -2.22. The van der Waals surface area contributed by atoms with Gasteiger partial charge in [0.15, 0.2) is 0 Å². The number of ether oxygens (including phenoxy) is 1. The second kappa shape index (κ2) is 9.44. The maximum absolute atomic E-state index is 5.71. The van der Waals surface area contributed by atoms with Crippen molar-refractivity contribution in [3.63, 3.8) is 0 Å². The summed E-state index contributed by atoms with van der Waals surface area (Å²) in [6.45, 7) is 6.10. The molecule has 3 nitrogen and oxygen atoms in total. The van der Waals surface area contributed by atoms with E-state index in [9.17, 15) is 0 Å². The van der Waals surface area contributed by atoms with Crippen molar-refractivity contribution >= 4 is 0 Å². The van der Waals surface area contributed by atoms with Crippen LogP contribution < -0.4 is 5.73 Å². The summed E-state index contributed by atoms with van der Waals surface area (Å²) in [5.74, 6) is 0.660. The molecule has 0 radical (unpaired) electrons. The zero-order valence-electron chi connectivity index (χ0n) is 9.96. The molecule has 0 heterocycles. The van der Waals surface area contributed by atoms with Crippen LogP contribution in [0.4, 0.5) is 0 Å². The van der Waals surface area contributed by atoms with Gasteiger partial charge in [0.05, 0.1) is 0 Å². The molecule has 0 saturated carbocycles. The minimum atomic E-state index is 0.660. The van der Waals surface area contributed by atoms with Gasteiger partial charge in [-0.3, -0.25) is 0 Å². The van der Waals surface area contributed by atoms with Crippen LogP contribution in [0.5, 0.6) is 0 Å². The van der Waals surface area contributed by atoms with Crippen LogP contribution in [0.15, 0.2) is 0 Å². The Bertz CT molecular complexity index is 120. The molecule has 0 aliphatic rings. The summed E-state index contributed by atoms with van der Waals surface area (Å²) >= 11 is 0. The van der Waals surface area contributed by atoms with E-state index >= 15 is 0 Å². The first kappa shape index (κ1) is 13.9. The molecular formula is C11H26N2O. The summed E-state index contributed by atoms with van der Waals surface area (Å²) in [7, 11) is 3.91. The van der Waals surface area contributed by atoms with Gasteiger partial charge in [-0.15, -0.1) is 0 Å². The lowest BCUT2D eigenvalue weighted by atomic mass is 10.0. The number of nitrogens with zero attached hydrogens (tertiary/aromatic N) is 1. The van der Waals surface area contributed by atoms with E-state index in [0.29, 0.717) is 5.92 Å². The Balaban J connectivity index is 3.51. The quantitative estimate of drug-likeness (QED) is 0.573. The van der Waals surface area contributed by atoms with E-state index in [1.54, 1.807) is 7.11 Å². The largest absolute Gasteiger partial charge is 0.385 e. The molecule has 0 amide bonds. The zero-order valence-corrected chi connectivity index (χ0v) is 9.96. The summed E-state index contributed by atoms with van der Waals surface area (Å²) in [5, 5.41) is 0. The molecule has 3 heteroatoms. The standard InChI is InChI=1S/C11H26N2O/c1-4-6-11(9-12)10-13(2)7-5-8-14-3/h11H,4-10,12H2,1-3H3. The molecule has 0 aromatic carbocycles. The van der Waals surface area contributed by atoms with Gasteiger partial charge in [-0.25, -0.2) is 0 Å². The summed E-state index contributed by atoms with van der Waals surface area (Å²) in [4.78, 5) is 2.35. The molecule has 0 aromatic heterocycles. The second-order valence-corrected chi connectivity index (χ2v) is 4.00. The summed E-state index contributed by atoms with van der Waals surface area (Å²) in [6.07, 6.45) is 3.58. The molecule has 14 heavy (non-hydrogen) atoms. The van der Waals surface area contributed by atoms with Crippen LogP contribution in [0, 0.1) is 5.92 Å². The molecule has 0 aromatic rings. The van der Waals surface area contributed by atoms with Gasteiger partial charge < -0.3 is 15.4 Å². The molecule has 0 saturated heterocycles. The first-order valence-corrected chi connectivity index (χ1v) is 5.62. The maximum Gasteiger partial charge on any atom is 0.0474 e. The van der Waals surface area contributed by atoms with E-state index in [4.69, 9.17) is 10.5 Å². The van der Waals surface area contributed by atoms with Crippen LogP contribution in [0.3, 0.4) is 0 Å². The predicted octanol–water partition coefficient (Wildman–Crippen LogP) is 1.33. The molecule has 0 fully saturated rings. The fraction of sp³-hybridized carbons (Fsp3) is 1.00. The third-order valence-corrected chi connectivity index (χ3v) is 2.49. The third kappa shape index (κ3) is 7.30. The number of nitrogens with two attached hydrogens (primary N) is 1. The number of hydrogen-bond donors (Lipinski definition) is 1. The van der Waals surface area contributed by atoms with Crippen LogP contribution in [-0.2, 0) is 4.74 Å². The lowest BCUT2D eigenvalue weighted by Crippen LogP contribution is -2.31. The molecule has 0 rings (SSSR count). The van der Waals surface area contributed by atoms with Crippen molar-refractivity contribution in [1.29, 1.82) is 0 Å². The third-order valence-electron chi connectivity index (χ3n) is 2.49. The molecule has 0 spiro atoms. The van der Waals surface area contributed by atoms with Crippen LogP contribution >= 0.6 is 0 Å². The average Bonchev–Trinajstić information content (AvgIpc) is 2.17. The summed E-state index contributed by atoms with van der Waals surface area (Å²) in [6, 6.07) is 0. The van der Waals surface area contributed by atoms with Crippen LogP contribution in [0.1, 0.15) is 26.2 Å². The van der Waals surface area contributed by atoms with Gasteiger partial charge >= 0.3 is 0 Å². The topological polar surface area (TPSA) is 38.5 Å². The van der Waals surface area contributed by atoms with Crippen LogP contribution in [-0.4, -0.2) is 45.3 Å². The second-order valence-electron chi connectivity index (χ2n) is 4.00. The van der Waals surface area contributed by atoms with Gasteiger partial charge in [0.1, 0.15) is 0 Å². The summed E-state index contributed by atoms with van der Waals surface area (Å²) in [5.41, 5.74) is 5.71. The predicted molar refractivity (Wildman–Crippen MR) is 61.4 cm³/mol. The number of methoxy groups -OCH3 is 1. The normalized spacial score (nSPS) is 13.5. The van der Waals surface area contributed by atoms with Crippen molar-refractivity contribution in [2.45, 2.75) is 26.2 Å². The molecule has 2 N–H and O–H groups in total. The first-order valence-electron chi connectivity index (χ1n) is 5.62. The Morgan fingerprint density at radius 2 is 2.14 bits per heavy atom. The van der Waals surface area contributed by atoms with Gasteiger partial charge in [0.2, 0.25) is 0 Å². The molecule has 0 aliphatic heterocycles. The fourth-order valence-electron chi connectivity index (χ4n) is 1.70. The monoisotopic (exact) mass is 202 g/mol. The molecule has 0 bridgehead atoms. The lowest BCUT2D eigenvalue weighted by molar-refractivity contribution is 0.173. The molecule has 1 atom stereocenters. The van der Waals surface area contributed by atoms with Crippen LogP contribution in [0.25, 0.3) is 0 Å². The van der Waals surface area contributed by atoms with Gasteiger partial charge in [-0.05, 0) is 32.4 Å². The van der Waals surface area contributed by atoms with E-state index in [0.717, 1.165) is 32.7 Å². The Labute approximate surface area is 88.6 Å². The van der Waals surface area contributed by atoms with Crippen molar-refractivity contribution < 1.29 is 4.74 Å². The Hall–Kier alpha value is -0.120. The highest BCUT2D eigenvalue weighted by Crippen LogP contribution is 2.06. The molecular weight excluding hydrogens is 176 g/mol. The highest BCUT2D eigenvalue weighted by molar-refractivity contribution is 4.64. The number of rotatable bonds is 9. The number of hydrogen-bond acceptors (Lipinski definition) is 3. The minimum absolute atomic E-state index is 0.660. The smallest absolute Gasteiger partial charge is 0.0474 e. The Morgan fingerprint density at radius 1 is 1.43 bits per heavy atom. The van der Waals surface area contributed by atoms with E-state index in [1.807, 2.05) is 0 Å². The molecule has 1 unspecified atom stereocenters. The summed E-state index contributed by atoms with van der Waals surface area (Å²) < 4.78 is 5.02. The van der Waals surface area contributed by atoms with Crippen molar-refractivity contribution in [3.8, 4) is 0 Å². The highest BCUT2D eigenvalue weighted by atomic mass is 16.5. The van der Waals surface area contributed by atoms with Crippen molar-refractivity contribution in [1.82, 2.24) is 4.90 Å². The van der Waals surface area contributed by atoms with Gasteiger partial charge in [0, 0.05) is 26.8 Å². The zero-order chi connectivity index (χ0) is 10.8. The average molecular weight is 202 g/mol. The van der Waals surface area contributed by atoms with Gasteiger partial charge in [0.25, 0.3) is 0 Å². The fourth-order valence-corrected chi connectivity index (χ4v) is 1.70. The van der Waals surface area contributed by atoms with Crippen molar-refractivity contribution in [3.05, 3.63) is 0 Å². The van der Waals surface area contributed by atoms with E-state index < -0.39 is 0 Å². The van der Waals surface area contributed by atoms with Crippen LogP contribution in [0.2, 0.25) is 0 Å². The maximum atomic E-state index is 5.71. The molecule has 86 valence electrons. The molecule has 0 aliphatic carbocycles. The van der Waals surface area contributed by atoms with E-state index in [1.165, 1.54) is 12.8 Å². The van der Waals surface area contributed by atoms with E-state index in [2.05, 4.69) is 18.9 Å². The van der Waals surface area contributed by atoms with Crippen molar-refractivity contribution in [2.75, 3.05) is 40.4 Å².